The maximum Gasteiger partial charge on any atom is 0.169 e. The molecule has 2 aromatic carbocycles. The number of rotatable bonds is 2. The van der Waals surface area contributed by atoms with Crippen LogP contribution >= 0.6 is 34.8 Å². The second-order valence-electron chi connectivity index (χ2n) is 3.78. The average Bonchev–Trinajstić information content (AvgIpc) is 2.35. The third-order valence-corrected chi connectivity index (χ3v) is 3.49. The van der Waals surface area contributed by atoms with Crippen molar-refractivity contribution in [1.82, 2.24) is 0 Å². The predicted octanol–water partition coefficient (Wildman–Crippen LogP) is 4.69. The summed E-state index contributed by atoms with van der Waals surface area (Å²) in [5.74, 6) is -0.754. The van der Waals surface area contributed by atoms with Gasteiger partial charge in [0.2, 0.25) is 0 Å². The number of para-hydroxylation sites is 1. The standard InChI is InChI=1S/C12H9Cl3FN3/c13-5-2-1-3-6(14)11(5)19-12-8(18)4-7(17)9(15)10(12)16/h1-4,19H,17-18H2. The first kappa shape index (κ1) is 14.1. The minimum absolute atomic E-state index is 0.0193. The van der Waals surface area contributed by atoms with E-state index in [1.54, 1.807) is 18.2 Å². The van der Waals surface area contributed by atoms with Gasteiger partial charge in [-0.25, -0.2) is 4.39 Å². The van der Waals surface area contributed by atoms with E-state index in [1.807, 2.05) is 0 Å². The molecule has 7 heteroatoms. The molecule has 100 valence electrons. The lowest BCUT2D eigenvalue weighted by Gasteiger charge is -2.15. The molecule has 0 aromatic heterocycles. The summed E-state index contributed by atoms with van der Waals surface area (Å²) in [6, 6.07) is 6.26. The molecule has 0 bridgehead atoms. The quantitative estimate of drug-likeness (QED) is 0.703. The zero-order valence-electron chi connectivity index (χ0n) is 9.48. The van der Waals surface area contributed by atoms with Gasteiger partial charge in [0.15, 0.2) is 5.82 Å². The molecule has 0 spiro atoms. The topological polar surface area (TPSA) is 64.1 Å². The van der Waals surface area contributed by atoms with Gasteiger partial charge in [-0.1, -0.05) is 40.9 Å². The second kappa shape index (κ2) is 5.33. The molecule has 0 heterocycles. The summed E-state index contributed by atoms with van der Waals surface area (Å²) in [6.45, 7) is 0. The van der Waals surface area contributed by atoms with Gasteiger partial charge in [-0.15, -0.1) is 0 Å². The number of hydrogen-bond acceptors (Lipinski definition) is 3. The van der Waals surface area contributed by atoms with Gasteiger partial charge < -0.3 is 16.8 Å². The number of benzene rings is 2. The third-order valence-electron chi connectivity index (χ3n) is 2.48. The lowest BCUT2D eigenvalue weighted by Crippen LogP contribution is -2.03. The highest BCUT2D eigenvalue weighted by molar-refractivity contribution is 6.39. The Morgan fingerprint density at radius 1 is 0.947 bits per heavy atom. The Balaban J connectivity index is 2.53. The van der Waals surface area contributed by atoms with Gasteiger partial charge in [-0.2, -0.15) is 0 Å². The second-order valence-corrected chi connectivity index (χ2v) is 4.97. The number of nitrogen functional groups attached to an aromatic ring is 2. The monoisotopic (exact) mass is 319 g/mol. The fraction of sp³-hybridized carbons (Fsp3) is 0. The van der Waals surface area contributed by atoms with Crippen molar-refractivity contribution in [3.8, 4) is 0 Å². The molecule has 0 atom stereocenters. The number of halogens is 4. The van der Waals surface area contributed by atoms with Crippen LogP contribution in [0.1, 0.15) is 0 Å². The molecule has 19 heavy (non-hydrogen) atoms. The summed E-state index contributed by atoms with van der Waals surface area (Å²) >= 11 is 17.7. The molecule has 0 radical (unpaired) electrons. The smallest absolute Gasteiger partial charge is 0.169 e. The Morgan fingerprint density at radius 2 is 1.53 bits per heavy atom. The Kier molecular flexibility index (Phi) is 3.94. The molecule has 2 aromatic rings. The maximum absolute atomic E-state index is 14.0. The van der Waals surface area contributed by atoms with E-state index in [9.17, 15) is 4.39 Å². The largest absolute Gasteiger partial charge is 0.397 e. The Morgan fingerprint density at radius 3 is 2.11 bits per heavy atom. The zero-order valence-corrected chi connectivity index (χ0v) is 11.7. The number of nitrogens with one attached hydrogen (secondary N) is 1. The fourth-order valence-corrected chi connectivity index (χ4v) is 2.18. The summed E-state index contributed by atoms with van der Waals surface area (Å²) in [5, 5.41) is 3.20. The molecule has 5 N–H and O–H groups in total. The van der Waals surface area contributed by atoms with Crippen molar-refractivity contribution in [2.75, 3.05) is 16.8 Å². The first-order valence-electron chi connectivity index (χ1n) is 5.15. The molecule has 0 aliphatic rings. The summed E-state index contributed by atoms with van der Waals surface area (Å²) in [7, 11) is 0. The summed E-state index contributed by atoms with van der Waals surface area (Å²) in [6.07, 6.45) is 0. The molecule has 2 rings (SSSR count). The third kappa shape index (κ3) is 2.66. The van der Waals surface area contributed by atoms with Gasteiger partial charge in [0, 0.05) is 0 Å². The van der Waals surface area contributed by atoms with Crippen LogP contribution in [-0.2, 0) is 0 Å². The first-order valence-corrected chi connectivity index (χ1v) is 6.29. The van der Waals surface area contributed by atoms with Gasteiger partial charge in [0.1, 0.15) is 5.02 Å². The Hall–Kier alpha value is -1.36. The van der Waals surface area contributed by atoms with Crippen molar-refractivity contribution < 1.29 is 4.39 Å². The van der Waals surface area contributed by atoms with E-state index in [0.717, 1.165) is 0 Å². The van der Waals surface area contributed by atoms with Gasteiger partial charge >= 0.3 is 0 Å². The van der Waals surface area contributed by atoms with Crippen molar-refractivity contribution in [3.63, 3.8) is 0 Å². The molecule has 0 amide bonds. The summed E-state index contributed by atoms with van der Waals surface area (Å²) in [4.78, 5) is 0. The van der Waals surface area contributed by atoms with Crippen molar-refractivity contribution >= 4 is 57.6 Å². The molecule has 3 nitrogen and oxygen atoms in total. The Bertz CT molecular complexity index is 626. The molecule has 0 saturated carbocycles. The highest BCUT2D eigenvalue weighted by atomic mass is 35.5. The first-order chi connectivity index (χ1) is 8.91. The summed E-state index contributed by atoms with van der Waals surface area (Å²) in [5.41, 5.74) is 11.7. The highest BCUT2D eigenvalue weighted by Gasteiger charge is 2.16. The van der Waals surface area contributed by atoms with Crippen LogP contribution in [0.2, 0.25) is 15.1 Å². The highest BCUT2D eigenvalue weighted by Crippen LogP contribution is 2.39. The molecular weight excluding hydrogens is 312 g/mol. The van der Waals surface area contributed by atoms with Crippen LogP contribution in [0.5, 0.6) is 0 Å². The number of hydrogen-bond donors (Lipinski definition) is 3. The van der Waals surface area contributed by atoms with E-state index in [0.29, 0.717) is 15.7 Å². The van der Waals surface area contributed by atoms with Crippen LogP contribution in [-0.4, -0.2) is 0 Å². The van der Waals surface area contributed by atoms with Crippen LogP contribution < -0.4 is 16.8 Å². The molecule has 0 unspecified atom stereocenters. The van der Waals surface area contributed by atoms with E-state index in [-0.39, 0.29) is 22.1 Å². The van der Waals surface area contributed by atoms with Crippen molar-refractivity contribution in [1.29, 1.82) is 0 Å². The lowest BCUT2D eigenvalue weighted by molar-refractivity contribution is 0.633. The van der Waals surface area contributed by atoms with Gasteiger partial charge in [0.05, 0.1) is 32.8 Å². The van der Waals surface area contributed by atoms with Crippen molar-refractivity contribution in [3.05, 3.63) is 45.2 Å². The summed E-state index contributed by atoms with van der Waals surface area (Å²) < 4.78 is 14.0. The maximum atomic E-state index is 14.0. The van der Waals surface area contributed by atoms with Crippen LogP contribution in [0.25, 0.3) is 0 Å². The minimum Gasteiger partial charge on any atom is -0.397 e. The van der Waals surface area contributed by atoms with E-state index in [4.69, 9.17) is 46.3 Å². The van der Waals surface area contributed by atoms with Gasteiger partial charge in [0.25, 0.3) is 0 Å². The molecule has 0 fully saturated rings. The fourth-order valence-electron chi connectivity index (χ4n) is 1.54. The molecule has 0 saturated heterocycles. The lowest BCUT2D eigenvalue weighted by atomic mass is 10.2. The Labute approximate surface area is 124 Å². The van der Waals surface area contributed by atoms with E-state index in [2.05, 4.69) is 5.32 Å². The molecule has 0 aliphatic heterocycles. The van der Waals surface area contributed by atoms with Crippen molar-refractivity contribution in [2.24, 2.45) is 0 Å². The van der Waals surface area contributed by atoms with Crippen LogP contribution in [0.4, 0.5) is 27.1 Å². The van der Waals surface area contributed by atoms with Gasteiger partial charge in [-0.3, -0.25) is 0 Å². The van der Waals surface area contributed by atoms with Gasteiger partial charge in [-0.05, 0) is 18.2 Å². The van der Waals surface area contributed by atoms with E-state index < -0.39 is 5.82 Å². The molecular formula is C12H9Cl3FN3. The van der Waals surface area contributed by atoms with Crippen LogP contribution in [0.15, 0.2) is 24.3 Å². The molecule has 0 aliphatic carbocycles. The average molecular weight is 321 g/mol. The number of nitrogens with two attached hydrogens (primary N) is 2. The predicted molar refractivity (Wildman–Crippen MR) is 80.0 cm³/mol. The minimum atomic E-state index is -0.754. The zero-order chi connectivity index (χ0) is 14.2. The van der Waals surface area contributed by atoms with Crippen LogP contribution in [0, 0.1) is 5.82 Å². The van der Waals surface area contributed by atoms with Crippen LogP contribution in [0.3, 0.4) is 0 Å². The van der Waals surface area contributed by atoms with E-state index >= 15 is 0 Å². The SMILES string of the molecule is Nc1cc(N)c(Nc2c(Cl)cccc2Cl)c(F)c1Cl. The normalized spacial score (nSPS) is 10.5. The van der Waals surface area contributed by atoms with E-state index in [1.165, 1.54) is 6.07 Å². The van der Waals surface area contributed by atoms with Crippen molar-refractivity contribution in [2.45, 2.75) is 0 Å². The number of anilines is 4.